The van der Waals surface area contributed by atoms with Crippen molar-refractivity contribution in [3.63, 3.8) is 0 Å². The van der Waals surface area contributed by atoms with E-state index in [-0.39, 0.29) is 17.1 Å². The molecule has 8 heteroatoms. The van der Waals surface area contributed by atoms with E-state index in [1.54, 1.807) is 18.2 Å². The minimum Gasteiger partial charge on any atom is -0.262 e. The molecule has 1 heterocycles. The second kappa shape index (κ2) is 5.34. The molecule has 1 aliphatic rings. The molecule has 8 nitrogen and oxygen atoms in total. The van der Waals surface area contributed by atoms with Gasteiger partial charge in [-0.15, -0.1) is 0 Å². The lowest BCUT2D eigenvalue weighted by Gasteiger charge is -2.15. The Morgan fingerprint density at radius 3 is 1.70 bits per heavy atom. The minimum absolute atomic E-state index is 0.0948. The highest BCUT2D eigenvalue weighted by molar-refractivity contribution is 6.60. The summed E-state index contributed by atoms with van der Waals surface area (Å²) >= 11 is 0. The first kappa shape index (κ1) is 14.4. The molecule has 4 amide bonds. The molecule has 2 aromatic carbocycles. The van der Waals surface area contributed by atoms with Crippen LogP contribution < -0.4 is 9.80 Å². The first-order chi connectivity index (χ1) is 11.0. The lowest BCUT2D eigenvalue weighted by Crippen LogP contribution is -2.33. The number of para-hydroxylation sites is 1. The summed E-state index contributed by atoms with van der Waals surface area (Å²) < 4.78 is 0. The van der Waals surface area contributed by atoms with E-state index < -0.39 is 22.8 Å². The predicted molar refractivity (Wildman–Crippen MR) is 79.9 cm³/mol. The van der Waals surface area contributed by atoms with Gasteiger partial charge in [-0.2, -0.15) is 0 Å². The van der Waals surface area contributed by atoms with E-state index >= 15 is 0 Å². The van der Waals surface area contributed by atoms with Crippen LogP contribution in [0, 0.1) is 10.1 Å². The van der Waals surface area contributed by atoms with Gasteiger partial charge in [-0.05, 0) is 24.3 Å². The molecule has 0 radical (unpaired) electrons. The Morgan fingerprint density at radius 2 is 1.22 bits per heavy atom. The van der Waals surface area contributed by atoms with Crippen molar-refractivity contribution < 1.29 is 19.3 Å². The molecule has 114 valence electrons. The molecule has 1 saturated heterocycles. The molecule has 0 atom stereocenters. The highest BCUT2D eigenvalue weighted by Gasteiger charge is 2.46. The molecule has 0 spiro atoms. The lowest BCUT2D eigenvalue weighted by molar-refractivity contribution is -0.384. The molecule has 1 fully saturated rings. The number of imide groups is 2. The molecular formula is C15H9N3O5. The molecule has 1 aliphatic heterocycles. The van der Waals surface area contributed by atoms with Crippen LogP contribution in [-0.2, 0) is 9.59 Å². The van der Waals surface area contributed by atoms with Gasteiger partial charge in [0.25, 0.3) is 5.69 Å². The number of amides is 4. The second-order valence-electron chi connectivity index (χ2n) is 4.67. The van der Waals surface area contributed by atoms with Crippen LogP contribution in [0.5, 0.6) is 0 Å². The van der Waals surface area contributed by atoms with Crippen molar-refractivity contribution in [1.82, 2.24) is 0 Å². The van der Waals surface area contributed by atoms with Crippen LogP contribution in [0.4, 0.5) is 21.9 Å². The van der Waals surface area contributed by atoms with Crippen molar-refractivity contribution in [2.75, 3.05) is 9.80 Å². The number of nitro groups is 1. The number of benzene rings is 2. The summed E-state index contributed by atoms with van der Waals surface area (Å²) in [6.45, 7) is 0. The normalized spacial score (nSPS) is 14.5. The highest BCUT2D eigenvalue weighted by atomic mass is 16.6. The Balaban J connectivity index is 1.98. The molecule has 3 rings (SSSR count). The number of hydrogen-bond acceptors (Lipinski definition) is 5. The van der Waals surface area contributed by atoms with Gasteiger partial charge in [0.2, 0.25) is 0 Å². The van der Waals surface area contributed by atoms with Crippen molar-refractivity contribution in [3.05, 3.63) is 64.7 Å². The first-order valence-corrected chi connectivity index (χ1v) is 6.52. The Kier molecular flexibility index (Phi) is 3.34. The zero-order valence-corrected chi connectivity index (χ0v) is 11.6. The van der Waals surface area contributed by atoms with Crippen LogP contribution in [0.15, 0.2) is 54.6 Å². The Bertz CT molecular complexity index is 817. The number of rotatable bonds is 3. The van der Waals surface area contributed by atoms with E-state index in [1.165, 1.54) is 24.3 Å². The maximum absolute atomic E-state index is 12.4. The van der Waals surface area contributed by atoms with Crippen LogP contribution in [-0.4, -0.2) is 22.8 Å². The molecule has 0 N–H and O–H groups in total. The molecule has 0 saturated carbocycles. The smallest absolute Gasteiger partial charge is 0.262 e. The largest absolute Gasteiger partial charge is 0.343 e. The highest BCUT2D eigenvalue weighted by Crippen LogP contribution is 2.27. The van der Waals surface area contributed by atoms with Crippen LogP contribution in [0.1, 0.15) is 0 Å². The molecule has 0 aliphatic carbocycles. The molecular weight excluding hydrogens is 302 g/mol. The van der Waals surface area contributed by atoms with Crippen molar-refractivity contribution in [3.8, 4) is 0 Å². The summed E-state index contributed by atoms with van der Waals surface area (Å²) in [5, 5.41) is 10.6. The van der Waals surface area contributed by atoms with Crippen molar-refractivity contribution in [2.24, 2.45) is 0 Å². The number of non-ortho nitro benzene ring substituents is 1. The van der Waals surface area contributed by atoms with Crippen LogP contribution in [0.2, 0.25) is 0 Å². The number of carbonyl (C=O) groups is 3. The summed E-state index contributed by atoms with van der Waals surface area (Å²) in [7, 11) is 0. The minimum atomic E-state index is -1.01. The van der Waals surface area contributed by atoms with Gasteiger partial charge < -0.3 is 0 Å². The number of nitrogens with zero attached hydrogens (tertiary/aromatic N) is 3. The van der Waals surface area contributed by atoms with E-state index in [9.17, 15) is 24.5 Å². The SMILES string of the molecule is O=C1C(=O)N(c2ccc([N+](=O)[O-])cc2)C(=O)N1c1ccccc1. The van der Waals surface area contributed by atoms with E-state index in [0.717, 1.165) is 17.0 Å². The van der Waals surface area contributed by atoms with E-state index in [0.29, 0.717) is 4.90 Å². The van der Waals surface area contributed by atoms with Crippen molar-refractivity contribution in [1.29, 1.82) is 0 Å². The fourth-order valence-corrected chi connectivity index (χ4v) is 2.22. The van der Waals surface area contributed by atoms with Gasteiger partial charge in [-0.1, -0.05) is 18.2 Å². The number of urea groups is 1. The lowest BCUT2D eigenvalue weighted by atomic mass is 10.2. The average Bonchev–Trinajstić information content (AvgIpc) is 2.78. The Morgan fingerprint density at radius 1 is 0.739 bits per heavy atom. The Labute approximate surface area is 129 Å². The summed E-state index contributed by atoms with van der Waals surface area (Å²) in [5.41, 5.74) is 0.191. The molecule has 0 aromatic heterocycles. The van der Waals surface area contributed by atoms with Gasteiger partial charge in [-0.25, -0.2) is 14.6 Å². The maximum atomic E-state index is 12.4. The number of anilines is 2. The van der Waals surface area contributed by atoms with E-state index in [1.807, 2.05) is 0 Å². The summed E-state index contributed by atoms with van der Waals surface area (Å²) in [6.07, 6.45) is 0. The standard InChI is InChI=1S/C15H9N3O5/c19-13-14(20)17(11-6-8-12(9-7-11)18(22)23)15(21)16(13)10-4-2-1-3-5-10/h1-9H. The predicted octanol–water partition coefficient (Wildman–Crippen LogP) is 2.09. The maximum Gasteiger partial charge on any atom is 0.343 e. The van der Waals surface area contributed by atoms with Crippen LogP contribution in [0.3, 0.4) is 0 Å². The molecule has 0 bridgehead atoms. The van der Waals surface area contributed by atoms with Gasteiger partial charge in [0.05, 0.1) is 16.3 Å². The van der Waals surface area contributed by atoms with Gasteiger partial charge in [0, 0.05) is 12.1 Å². The van der Waals surface area contributed by atoms with Gasteiger partial charge in [0.15, 0.2) is 0 Å². The Hall–Kier alpha value is -3.55. The number of nitro benzene ring substituents is 1. The van der Waals surface area contributed by atoms with Gasteiger partial charge >= 0.3 is 17.8 Å². The quantitative estimate of drug-likeness (QED) is 0.374. The van der Waals surface area contributed by atoms with Crippen LogP contribution >= 0.6 is 0 Å². The third kappa shape index (κ3) is 2.31. The second-order valence-corrected chi connectivity index (χ2v) is 4.67. The van der Waals surface area contributed by atoms with E-state index in [4.69, 9.17) is 0 Å². The van der Waals surface area contributed by atoms with E-state index in [2.05, 4.69) is 0 Å². The fourth-order valence-electron chi connectivity index (χ4n) is 2.22. The zero-order valence-electron chi connectivity index (χ0n) is 11.6. The average molecular weight is 311 g/mol. The molecule has 23 heavy (non-hydrogen) atoms. The van der Waals surface area contributed by atoms with Gasteiger partial charge in [-0.3, -0.25) is 19.7 Å². The third-order valence-corrected chi connectivity index (χ3v) is 3.30. The van der Waals surface area contributed by atoms with Gasteiger partial charge in [0.1, 0.15) is 0 Å². The first-order valence-electron chi connectivity index (χ1n) is 6.52. The molecule has 2 aromatic rings. The summed E-state index contributed by atoms with van der Waals surface area (Å²) in [6, 6.07) is 12.0. The van der Waals surface area contributed by atoms with Crippen LogP contribution in [0.25, 0.3) is 0 Å². The monoisotopic (exact) mass is 311 g/mol. The molecule has 0 unspecified atom stereocenters. The topological polar surface area (TPSA) is 101 Å². The third-order valence-electron chi connectivity index (χ3n) is 3.30. The number of carbonyl (C=O) groups excluding carboxylic acids is 3. The van der Waals surface area contributed by atoms with Crippen molar-refractivity contribution >= 4 is 34.9 Å². The summed E-state index contributed by atoms with van der Waals surface area (Å²) in [5.74, 6) is -1.98. The number of hydrogen-bond donors (Lipinski definition) is 0. The van der Waals surface area contributed by atoms with Crippen molar-refractivity contribution in [2.45, 2.75) is 0 Å². The summed E-state index contributed by atoms with van der Waals surface area (Å²) in [4.78, 5) is 48.1. The fraction of sp³-hybridized carbons (Fsp3) is 0. The zero-order chi connectivity index (χ0) is 16.6.